The van der Waals surface area contributed by atoms with Gasteiger partial charge in [0.05, 0.1) is 0 Å². The fourth-order valence-electron chi connectivity index (χ4n) is 2.68. The Labute approximate surface area is 104 Å². The molecule has 0 saturated heterocycles. The average Bonchev–Trinajstić information content (AvgIpc) is 2.13. The molecule has 0 radical (unpaired) electrons. The topological polar surface area (TPSA) is 26.0 Å². The molecule has 2 atom stereocenters. The number of nitrogens with two attached hydrogens (primary N) is 1. The molecule has 3 heteroatoms. The molecular weight excluding hydrogens is 220 g/mol. The van der Waals surface area contributed by atoms with Crippen molar-refractivity contribution < 1.29 is 8.78 Å². The van der Waals surface area contributed by atoms with Crippen LogP contribution in [-0.4, -0.2) is 12.0 Å². The summed E-state index contributed by atoms with van der Waals surface area (Å²) in [5.74, 6) is -2.44. The van der Waals surface area contributed by atoms with Crippen molar-refractivity contribution in [3.05, 3.63) is 0 Å². The molecule has 0 aromatic heterocycles. The van der Waals surface area contributed by atoms with Gasteiger partial charge >= 0.3 is 0 Å². The summed E-state index contributed by atoms with van der Waals surface area (Å²) in [5, 5.41) is 0. The summed E-state index contributed by atoms with van der Waals surface area (Å²) in [6, 6.07) is -0.0384. The number of halogens is 2. The van der Waals surface area contributed by atoms with Crippen molar-refractivity contribution in [2.24, 2.45) is 17.1 Å². The fourth-order valence-corrected chi connectivity index (χ4v) is 2.68. The molecule has 2 N–H and O–H groups in total. The largest absolute Gasteiger partial charge is 0.327 e. The number of hydrogen-bond donors (Lipinski definition) is 1. The van der Waals surface area contributed by atoms with Crippen molar-refractivity contribution >= 4 is 0 Å². The van der Waals surface area contributed by atoms with Gasteiger partial charge in [0.15, 0.2) is 0 Å². The normalized spacial score (nSPS) is 26.8. The van der Waals surface area contributed by atoms with Gasteiger partial charge in [-0.15, -0.1) is 0 Å². The van der Waals surface area contributed by atoms with Gasteiger partial charge in [0.25, 0.3) is 0 Å². The van der Waals surface area contributed by atoms with Crippen molar-refractivity contribution in [3.63, 3.8) is 0 Å². The highest BCUT2D eigenvalue weighted by atomic mass is 19.3. The van der Waals surface area contributed by atoms with Crippen LogP contribution in [0.3, 0.4) is 0 Å². The van der Waals surface area contributed by atoms with Crippen LogP contribution in [0.25, 0.3) is 0 Å². The standard InChI is InChI=1S/C14H27F2N/c1-13(2,3)8-5-7-12(17)11-6-4-9-14(15,16)10-11/h11-12H,4-10,17H2,1-3H3. The summed E-state index contributed by atoms with van der Waals surface area (Å²) >= 11 is 0. The van der Waals surface area contributed by atoms with Gasteiger partial charge in [0, 0.05) is 18.9 Å². The Kier molecular flexibility index (Phi) is 4.94. The third kappa shape index (κ3) is 5.80. The van der Waals surface area contributed by atoms with Crippen molar-refractivity contribution in [2.45, 2.75) is 77.7 Å². The maximum absolute atomic E-state index is 13.3. The zero-order valence-electron chi connectivity index (χ0n) is 11.4. The van der Waals surface area contributed by atoms with Gasteiger partial charge < -0.3 is 5.73 Å². The minimum atomic E-state index is -2.47. The predicted octanol–water partition coefficient (Wildman–Crippen LogP) is 4.36. The Morgan fingerprint density at radius 3 is 2.53 bits per heavy atom. The Morgan fingerprint density at radius 1 is 1.35 bits per heavy atom. The first-order chi connectivity index (χ1) is 7.70. The molecule has 1 saturated carbocycles. The fraction of sp³-hybridized carbons (Fsp3) is 1.00. The average molecular weight is 247 g/mol. The number of alkyl halides is 2. The first kappa shape index (κ1) is 14.9. The molecule has 17 heavy (non-hydrogen) atoms. The minimum absolute atomic E-state index is 0.00366. The van der Waals surface area contributed by atoms with Gasteiger partial charge in [-0.1, -0.05) is 27.2 Å². The first-order valence-electron chi connectivity index (χ1n) is 6.83. The maximum Gasteiger partial charge on any atom is 0.248 e. The van der Waals surface area contributed by atoms with Crippen LogP contribution >= 0.6 is 0 Å². The molecule has 0 aromatic carbocycles. The third-order valence-electron chi connectivity index (χ3n) is 3.75. The zero-order valence-corrected chi connectivity index (χ0v) is 11.4. The molecule has 1 rings (SSSR count). The maximum atomic E-state index is 13.3. The van der Waals surface area contributed by atoms with E-state index in [-0.39, 0.29) is 24.8 Å². The summed E-state index contributed by atoms with van der Waals surface area (Å²) in [6.45, 7) is 6.61. The minimum Gasteiger partial charge on any atom is -0.327 e. The van der Waals surface area contributed by atoms with E-state index < -0.39 is 5.92 Å². The Bertz CT molecular complexity index is 233. The Morgan fingerprint density at radius 2 is 2.00 bits per heavy atom. The van der Waals surface area contributed by atoms with Gasteiger partial charge in [-0.2, -0.15) is 0 Å². The lowest BCUT2D eigenvalue weighted by Crippen LogP contribution is -2.37. The van der Waals surface area contributed by atoms with Crippen molar-refractivity contribution in [1.29, 1.82) is 0 Å². The van der Waals surface area contributed by atoms with E-state index in [4.69, 9.17) is 5.73 Å². The smallest absolute Gasteiger partial charge is 0.248 e. The van der Waals surface area contributed by atoms with Gasteiger partial charge in [-0.3, -0.25) is 0 Å². The lowest BCUT2D eigenvalue weighted by molar-refractivity contribution is -0.0566. The molecule has 1 fully saturated rings. The van der Waals surface area contributed by atoms with E-state index in [0.717, 1.165) is 25.7 Å². The molecule has 0 bridgehead atoms. The molecule has 102 valence electrons. The van der Waals surface area contributed by atoms with E-state index in [9.17, 15) is 8.78 Å². The van der Waals surface area contributed by atoms with E-state index >= 15 is 0 Å². The summed E-state index contributed by atoms with van der Waals surface area (Å²) in [4.78, 5) is 0. The van der Waals surface area contributed by atoms with Crippen LogP contribution in [0.2, 0.25) is 0 Å². The van der Waals surface area contributed by atoms with Crippen LogP contribution in [0.5, 0.6) is 0 Å². The zero-order chi connectivity index (χ0) is 13.1. The van der Waals surface area contributed by atoms with E-state index in [1.54, 1.807) is 0 Å². The molecule has 2 unspecified atom stereocenters. The SMILES string of the molecule is CC(C)(C)CCCC(N)C1CCCC(F)(F)C1. The number of hydrogen-bond acceptors (Lipinski definition) is 1. The lowest BCUT2D eigenvalue weighted by Gasteiger charge is -2.33. The highest BCUT2D eigenvalue weighted by Crippen LogP contribution is 2.38. The monoisotopic (exact) mass is 247 g/mol. The molecule has 1 nitrogen and oxygen atoms in total. The van der Waals surface area contributed by atoms with Gasteiger partial charge in [0.1, 0.15) is 0 Å². The summed E-state index contributed by atoms with van der Waals surface area (Å²) in [5.41, 5.74) is 6.38. The van der Waals surface area contributed by atoms with Crippen LogP contribution < -0.4 is 5.73 Å². The second-order valence-electron chi connectivity index (χ2n) is 6.83. The highest BCUT2D eigenvalue weighted by Gasteiger charge is 2.38. The van der Waals surface area contributed by atoms with Crippen LogP contribution in [0.15, 0.2) is 0 Å². The Hall–Kier alpha value is -0.180. The van der Waals surface area contributed by atoms with Crippen LogP contribution in [0, 0.1) is 11.3 Å². The van der Waals surface area contributed by atoms with Crippen LogP contribution in [0.1, 0.15) is 65.7 Å². The molecule has 1 aliphatic carbocycles. The van der Waals surface area contributed by atoms with Crippen LogP contribution in [-0.2, 0) is 0 Å². The second-order valence-corrected chi connectivity index (χ2v) is 6.83. The molecular formula is C14H27F2N. The van der Waals surface area contributed by atoms with Crippen molar-refractivity contribution in [1.82, 2.24) is 0 Å². The highest BCUT2D eigenvalue weighted by molar-refractivity contribution is 4.84. The second kappa shape index (κ2) is 5.64. The number of rotatable bonds is 4. The molecule has 0 spiro atoms. The van der Waals surface area contributed by atoms with E-state index in [0.29, 0.717) is 11.8 Å². The predicted molar refractivity (Wildman–Crippen MR) is 68.2 cm³/mol. The Balaban J connectivity index is 2.30. The van der Waals surface area contributed by atoms with Crippen LogP contribution in [0.4, 0.5) is 8.78 Å². The van der Waals surface area contributed by atoms with Crippen molar-refractivity contribution in [2.75, 3.05) is 0 Å². The molecule has 0 aliphatic heterocycles. The third-order valence-corrected chi connectivity index (χ3v) is 3.75. The lowest BCUT2D eigenvalue weighted by atomic mass is 9.79. The summed E-state index contributed by atoms with van der Waals surface area (Å²) < 4.78 is 26.5. The summed E-state index contributed by atoms with van der Waals surface area (Å²) in [7, 11) is 0. The van der Waals surface area contributed by atoms with Gasteiger partial charge in [0.2, 0.25) is 5.92 Å². The van der Waals surface area contributed by atoms with Crippen molar-refractivity contribution in [3.8, 4) is 0 Å². The molecule has 0 aromatic rings. The molecule has 0 heterocycles. The molecule has 0 amide bonds. The van der Waals surface area contributed by atoms with E-state index in [1.807, 2.05) is 0 Å². The van der Waals surface area contributed by atoms with Gasteiger partial charge in [-0.25, -0.2) is 8.78 Å². The molecule has 1 aliphatic rings. The van der Waals surface area contributed by atoms with Gasteiger partial charge in [-0.05, 0) is 37.0 Å². The quantitative estimate of drug-likeness (QED) is 0.785. The summed E-state index contributed by atoms with van der Waals surface area (Å²) in [6.07, 6.45) is 4.62. The van der Waals surface area contributed by atoms with E-state index in [2.05, 4.69) is 20.8 Å². The first-order valence-corrected chi connectivity index (χ1v) is 6.83. The van der Waals surface area contributed by atoms with E-state index in [1.165, 1.54) is 0 Å².